The number of amides is 1. The van der Waals surface area contributed by atoms with Gasteiger partial charge in [0.05, 0.1) is 39.9 Å². The van der Waals surface area contributed by atoms with Crippen LogP contribution in [0, 0.1) is 0 Å². The predicted molar refractivity (Wildman–Crippen MR) is 212 cm³/mol. The summed E-state index contributed by atoms with van der Waals surface area (Å²) >= 11 is 0. The fourth-order valence-electron chi connectivity index (χ4n) is 4.57. The van der Waals surface area contributed by atoms with Crippen molar-refractivity contribution in [3.8, 4) is 0 Å². The van der Waals surface area contributed by atoms with Gasteiger partial charge in [-0.25, -0.2) is 4.57 Å². The van der Waals surface area contributed by atoms with Crippen molar-refractivity contribution in [1.29, 1.82) is 0 Å². The molecule has 0 aromatic carbocycles. The second-order valence-corrected chi connectivity index (χ2v) is 15.0. The summed E-state index contributed by atoms with van der Waals surface area (Å²) in [6.45, 7) is 4.52. The van der Waals surface area contributed by atoms with Crippen molar-refractivity contribution in [2.75, 3.05) is 40.9 Å². The number of hydrogen-bond donors (Lipinski definition) is 3. The van der Waals surface area contributed by atoms with Gasteiger partial charge in [-0.1, -0.05) is 125 Å². The Morgan fingerprint density at radius 3 is 1.74 bits per heavy atom. The molecule has 0 aromatic heterocycles. The number of aliphatic hydroxyl groups is 1. The maximum Gasteiger partial charge on any atom is 0.472 e. The van der Waals surface area contributed by atoms with E-state index in [0.717, 1.165) is 96.3 Å². The van der Waals surface area contributed by atoms with E-state index in [-0.39, 0.29) is 19.1 Å². The van der Waals surface area contributed by atoms with Crippen molar-refractivity contribution in [3.63, 3.8) is 0 Å². The minimum atomic E-state index is -4.33. The molecule has 3 atom stereocenters. The number of allylic oxidation sites excluding steroid dienone is 13. The number of hydrogen-bond acceptors (Lipinski definition) is 5. The topological polar surface area (TPSA) is 105 Å². The third-order valence-electron chi connectivity index (χ3n) is 7.62. The Balaban J connectivity index is 4.30. The van der Waals surface area contributed by atoms with Gasteiger partial charge in [-0.3, -0.25) is 13.8 Å². The molecule has 0 aliphatic carbocycles. The molecule has 1 amide bonds. The van der Waals surface area contributed by atoms with Crippen LogP contribution in [0.15, 0.2) is 85.1 Å². The van der Waals surface area contributed by atoms with Crippen molar-refractivity contribution >= 4 is 13.7 Å². The monoisotopic (exact) mass is 720 g/mol. The van der Waals surface area contributed by atoms with Gasteiger partial charge in [0, 0.05) is 6.42 Å². The highest BCUT2D eigenvalue weighted by atomic mass is 31.2. The molecule has 0 fully saturated rings. The van der Waals surface area contributed by atoms with Crippen molar-refractivity contribution < 1.29 is 32.9 Å². The zero-order valence-corrected chi connectivity index (χ0v) is 33.0. The summed E-state index contributed by atoms with van der Waals surface area (Å²) < 4.78 is 23.3. The summed E-state index contributed by atoms with van der Waals surface area (Å²) in [7, 11) is 1.53. The first-order valence-corrected chi connectivity index (χ1v) is 20.5. The van der Waals surface area contributed by atoms with Crippen LogP contribution >= 0.6 is 7.82 Å². The number of aliphatic hydroxyl groups excluding tert-OH is 1. The third kappa shape index (κ3) is 34.1. The van der Waals surface area contributed by atoms with Gasteiger partial charge >= 0.3 is 7.82 Å². The van der Waals surface area contributed by atoms with E-state index in [1.807, 2.05) is 27.2 Å². The highest BCUT2D eigenvalue weighted by Crippen LogP contribution is 2.43. The molecule has 0 spiro atoms. The van der Waals surface area contributed by atoms with E-state index in [1.165, 1.54) is 0 Å². The maximum atomic E-state index is 12.7. The van der Waals surface area contributed by atoms with Gasteiger partial charge in [0.2, 0.25) is 5.91 Å². The molecule has 0 rings (SSSR count). The molecule has 286 valence electrons. The highest BCUT2D eigenvalue weighted by Gasteiger charge is 2.27. The van der Waals surface area contributed by atoms with Crippen LogP contribution in [-0.2, 0) is 18.4 Å². The quantitative estimate of drug-likeness (QED) is 0.0277. The number of phosphoric ester groups is 1. The number of carbonyl (C=O) groups excluding carboxylic acids is 1. The molecule has 0 aromatic rings. The maximum absolute atomic E-state index is 12.7. The first-order valence-electron chi connectivity index (χ1n) is 19.0. The molecule has 8 nitrogen and oxygen atoms in total. The van der Waals surface area contributed by atoms with E-state index < -0.39 is 20.0 Å². The summed E-state index contributed by atoms with van der Waals surface area (Å²) in [5.41, 5.74) is 0. The fourth-order valence-corrected chi connectivity index (χ4v) is 5.31. The Morgan fingerprint density at radius 1 is 0.700 bits per heavy atom. The fraction of sp³-hybridized carbons (Fsp3) is 0.634. The zero-order chi connectivity index (χ0) is 37.2. The van der Waals surface area contributed by atoms with Crippen molar-refractivity contribution in [3.05, 3.63) is 85.1 Å². The Hall–Kier alpha value is -2.32. The highest BCUT2D eigenvalue weighted by molar-refractivity contribution is 7.47. The van der Waals surface area contributed by atoms with Crippen LogP contribution in [0.4, 0.5) is 0 Å². The molecule has 50 heavy (non-hydrogen) atoms. The lowest BCUT2D eigenvalue weighted by Gasteiger charge is -2.25. The number of likely N-dealkylation sites (N-methyl/N-ethyl adjacent to an activating group) is 1. The van der Waals surface area contributed by atoms with E-state index in [4.69, 9.17) is 9.05 Å². The van der Waals surface area contributed by atoms with Crippen LogP contribution in [0.1, 0.15) is 117 Å². The number of carbonyl (C=O) groups is 1. The minimum absolute atomic E-state index is 0.0499. The minimum Gasteiger partial charge on any atom is -0.387 e. The van der Waals surface area contributed by atoms with Crippen LogP contribution in [-0.4, -0.2) is 73.4 Å². The van der Waals surface area contributed by atoms with Crippen LogP contribution < -0.4 is 5.32 Å². The Bertz CT molecular complexity index is 1090. The van der Waals surface area contributed by atoms with Gasteiger partial charge < -0.3 is 19.8 Å². The first kappa shape index (κ1) is 47.7. The third-order valence-corrected chi connectivity index (χ3v) is 8.61. The van der Waals surface area contributed by atoms with E-state index in [0.29, 0.717) is 17.4 Å². The van der Waals surface area contributed by atoms with Gasteiger partial charge in [0.25, 0.3) is 0 Å². The number of phosphoric acid groups is 1. The van der Waals surface area contributed by atoms with Crippen LogP contribution in [0.2, 0.25) is 0 Å². The molecular weight excluding hydrogens is 647 g/mol. The Kier molecular flexibility index (Phi) is 31.1. The van der Waals surface area contributed by atoms with Crippen molar-refractivity contribution in [2.45, 2.75) is 129 Å². The van der Waals surface area contributed by atoms with E-state index in [1.54, 1.807) is 6.08 Å². The standard InChI is InChI=1S/C41H71N2O6P/c1-6-8-10-12-13-14-15-16-17-18-19-20-21-22-23-24-25-26-27-28-29-31-33-35-41(45)42-39(40(44)34-32-30-11-9-7-2)38-49-50(46,47)48-37-36-43(3,4)5/h8,10,13-14,16-17,19-20,22-23,25-26,32,34,39-40,44H,6-7,9,11-12,15,18,21,24,27-31,33,35-38H2,1-5H3,(H-,42,45,46,47)/p+1/b10-8-,14-13-,17-16-,20-19-,23-22-,26-25-,34-32+. The average molecular weight is 720 g/mol. The SMILES string of the molecule is CC/C=C\C/C=C\C/C=C\C/C=C\C/C=C\C/C=C\CCCCCCC(=O)NC(COP(=O)(O)OCC[N+](C)(C)C)C(O)/C=C/CCCCC. The number of unbranched alkanes of at least 4 members (excludes halogenated alkanes) is 7. The van der Waals surface area contributed by atoms with Crippen LogP contribution in [0.5, 0.6) is 0 Å². The summed E-state index contributed by atoms with van der Waals surface area (Å²) in [5.74, 6) is -0.215. The molecule has 3 unspecified atom stereocenters. The van der Waals surface area contributed by atoms with E-state index >= 15 is 0 Å². The number of nitrogens with one attached hydrogen (secondary N) is 1. The molecule has 0 aliphatic heterocycles. The molecule has 0 aliphatic rings. The predicted octanol–water partition coefficient (Wildman–Crippen LogP) is 9.85. The smallest absolute Gasteiger partial charge is 0.387 e. The second kappa shape index (κ2) is 32.6. The Labute approximate surface area is 306 Å². The van der Waals surface area contributed by atoms with Crippen molar-refractivity contribution in [1.82, 2.24) is 5.32 Å². The van der Waals surface area contributed by atoms with E-state index in [9.17, 15) is 19.4 Å². The number of rotatable bonds is 32. The number of nitrogens with zero attached hydrogens (tertiary/aromatic N) is 1. The average Bonchev–Trinajstić information content (AvgIpc) is 3.06. The first-order chi connectivity index (χ1) is 24.0. The van der Waals surface area contributed by atoms with Gasteiger partial charge in [0.1, 0.15) is 13.2 Å². The van der Waals surface area contributed by atoms with Gasteiger partial charge in [-0.15, -0.1) is 0 Å². The van der Waals surface area contributed by atoms with E-state index in [2.05, 4.69) is 92.1 Å². The molecule has 0 saturated carbocycles. The van der Waals surface area contributed by atoms with Crippen LogP contribution in [0.3, 0.4) is 0 Å². The zero-order valence-electron chi connectivity index (χ0n) is 32.1. The van der Waals surface area contributed by atoms with Gasteiger partial charge in [0.15, 0.2) is 0 Å². The summed E-state index contributed by atoms with van der Waals surface area (Å²) in [6.07, 6.45) is 44.1. The van der Waals surface area contributed by atoms with Crippen LogP contribution in [0.25, 0.3) is 0 Å². The largest absolute Gasteiger partial charge is 0.472 e. The normalized spacial score (nSPS) is 15.6. The second-order valence-electron chi connectivity index (χ2n) is 13.6. The van der Waals surface area contributed by atoms with Gasteiger partial charge in [-0.05, 0) is 70.6 Å². The molecular formula is C41H72N2O6P+. The molecule has 0 saturated heterocycles. The summed E-state index contributed by atoms with van der Waals surface area (Å²) in [4.78, 5) is 22.8. The molecule has 0 bridgehead atoms. The summed E-state index contributed by atoms with van der Waals surface area (Å²) in [6, 6.07) is -0.861. The van der Waals surface area contributed by atoms with Crippen molar-refractivity contribution in [2.24, 2.45) is 0 Å². The Morgan fingerprint density at radius 2 is 1.20 bits per heavy atom. The molecule has 0 heterocycles. The molecule has 0 radical (unpaired) electrons. The molecule has 3 N–H and O–H groups in total. The van der Waals surface area contributed by atoms with Gasteiger partial charge in [-0.2, -0.15) is 0 Å². The summed E-state index contributed by atoms with van der Waals surface area (Å²) in [5, 5.41) is 13.5. The number of quaternary nitrogens is 1. The lowest BCUT2D eigenvalue weighted by Crippen LogP contribution is -2.45. The molecule has 9 heteroatoms. The lowest BCUT2D eigenvalue weighted by atomic mass is 10.1. The lowest BCUT2D eigenvalue weighted by molar-refractivity contribution is -0.870.